The maximum absolute atomic E-state index is 10.7. The van der Waals surface area contributed by atoms with E-state index < -0.39 is 4.92 Å². The standard InChI is InChI=1S/C21H15Cl3N2O3/c1-13-17(22)3-2-4-20(13)25-11-15-9-18(23)21(19(24)10-15)29-12-14-5-7-16(8-6-14)26(27)28/h2-11H,12H2,1H3. The number of non-ortho nitro benzene ring substituents is 1. The van der Waals surface area contributed by atoms with Crippen LogP contribution in [-0.4, -0.2) is 11.1 Å². The predicted molar refractivity (Wildman–Crippen MR) is 117 cm³/mol. The number of nitro groups is 1. The van der Waals surface area contributed by atoms with Crippen molar-refractivity contribution in [3.05, 3.63) is 96.5 Å². The van der Waals surface area contributed by atoms with E-state index in [-0.39, 0.29) is 12.3 Å². The first-order valence-corrected chi connectivity index (χ1v) is 9.63. The summed E-state index contributed by atoms with van der Waals surface area (Å²) >= 11 is 18.8. The van der Waals surface area contributed by atoms with E-state index in [4.69, 9.17) is 39.5 Å². The zero-order chi connectivity index (χ0) is 21.0. The average molecular weight is 450 g/mol. The fraction of sp³-hybridized carbons (Fsp3) is 0.0952. The number of nitro benzene ring substituents is 1. The van der Waals surface area contributed by atoms with Crippen molar-refractivity contribution in [1.82, 2.24) is 0 Å². The van der Waals surface area contributed by atoms with E-state index in [2.05, 4.69) is 4.99 Å². The summed E-state index contributed by atoms with van der Waals surface area (Å²) in [6.07, 6.45) is 1.65. The number of rotatable bonds is 6. The SMILES string of the molecule is Cc1c(Cl)cccc1N=Cc1cc(Cl)c(OCc2ccc([N+](=O)[O-])cc2)c(Cl)c1. The third-order valence-corrected chi connectivity index (χ3v) is 5.11. The lowest BCUT2D eigenvalue weighted by molar-refractivity contribution is -0.384. The molecule has 0 atom stereocenters. The minimum absolute atomic E-state index is 0.0170. The van der Waals surface area contributed by atoms with Gasteiger partial charge in [0, 0.05) is 23.4 Å². The molecule has 0 N–H and O–H groups in total. The molecule has 0 spiro atoms. The monoisotopic (exact) mass is 448 g/mol. The van der Waals surface area contributed by atoms with Crippen molar-refractivity contribution >= 4 is 52.4 Å². The van der Waals surface area contributed by atoms with Crippen LogP contribution in [0.4, 0.5) is 11.4 Å². The Morgan fingerprint density at radius 2 is 1.69 bits per heavy atom. The van der Waals surface area contributed by atoms with Crippen LogP contribution in [-0.2, 0) is 6.61 Å². The third kappa shape index (κ3) is 5.26. The van der Waals surface area contributed by atoms with Gasteiger partial charge in [0.25, 0.3) is 5.69 Å². The van der Waals surface area contributed by atoms with Gasteiger partial charge in [-0.05, 0) is 60.0 Å². The van der Waals surface area contributed by atoms with E-state index >= 15 is 0 Å². The van der Waals surface area contributed by atoms with Crippen molar-refractivity contribution in [2.75, 3.05) is 0 Å². The number of hydrogen-bond donors (Lipinski definition) is 0. The van der Waals surface area contributed by atoms with Crippen molar-refractivity contribution in [3.8, 4) is 5.75 Å². The van der Waals surface area contributed by atoms with E-state index in [9.17, 15) is 10.1 Å². The minimum Gasteiger partial charge on any atom is -0.486 e. The Hall–Kier alpha value is -2.60. The molecule has 8 heteroatoms. The van der Waals surface area contributed by atoms with Gasteiger partial charge in [0.15, 0.2) is 5.75 Å². The highest BCUT2D eigenvalue weighted by molar-refractivity contribution is 6.37. The second-order valence-corrected chi connectivity index (χ2v) is 7.39. The molecular weight excluding hydrogens is 435 g/mol. The summed E-state index contributed by atoms with van der Waals surface area (Å²) < 4.78 is 5.71. The molecule has 0 saturated heterocycles. The molecule has 0 unspecified atom stereocenters. The van der Waals surface area contributed by atoms with Crippen LogP contribution in [0, 0.1) is 17.0 Å². The first-order chi connectivity index (χ1) is 13.8. The Morgan fingerprint density at radius 3 is 2.31 bits per heavy atom. The zero-order valence-electron chi connectivity index (χ0n) is 15.2. The summed E-state index contributed by atoms with van der Waals surface area (Å²) in [5, 5.41) is 12.0. The number of halogens is 3. The quantitative estimate of drug-likeness (QED) is 0.227. The summed E-state index contributed by atoms with van der Waals surface area (Å²) in [5.41, 5.74) is 3.11. The van der Waals surface area contributed by atoms with Crippen molar-refractivity contribution in [3.63, 3.8) is 0 Å². The van der Waals surface area contributed by atoms with E-state index in [1.54, 1.807) is 36.5 Å². The van der Waals surface area contributed by atoms with Gasteiger partial charge in [0.2, 0.25) is 0 Å². The van der Waals surface area contributed by atoms with E-state index in [1.807, 2.05) is 19.1 Å². The van der Waals surface area contributed by atoms with Gasteiger partial charge in [-0.1, -0.05) is 40.9 Å². The number of aliphatic imine (C=N–C) groups is 1. The van der Waals surface area contributed by atoms with Crippen molar-refractivity contribution in [2.24, 2.45) is 4.99 Å². The highest BCUT2D eigenvalue weighted by Gasteiger charge is 2.11. The molecule has 0 fully saturated rings. The Kier molecular flexibility index (Phi) is 6.75. The number of ether oxygens (including phenoxy) is 1. The molecule has 0 heterocycles. The zero-order valence-corrected chi connectivity index (χ0v) is 17.5. The van der Waals surface area contributed by atoms with Crippen molar-refractivity contribution < 1.29 is 9.66 Å². The fourth-order valence-electron chi connectivity index (χ4n) is 2.54. The van der Waals surface area contributed by atoms with Gasteiger partial charge < -0.3 is 4.74 Å². The first kappa shape index (κ1) is 21.1. The molecule has 29 heavy (non-hydrogen) atoms. The predicted octanol–water partition coefficient (Wildman–Crippen LogP) is 7.19. The molecular formula is C21H15Cl3N2O3. The first-order valence-electron chi connectivity index (χ1n) is 8.49. The summed E-state index contributed by atoms with van der Waals surface area (Å²) in [5.74, 6) is 0.336. The van der Waals surface area contributed by atoms with Crippen LogP contribution in [0.15, 0.2) is 59.6 Å². The van der Waals surface area contributed by atoms with Crippen LogP contribution in [0.1, 0.15) is 16.7 Å². The highest BCUT2D eigenvalue weighted by Crippen LogP contribution is 2.35. The smallest absolute Gasteiger partial charge is 0.269 e. The van der Waals surface area contributed by atoms with Gasteiger partial charge in [-0.15, -0.1) is 0 Å². The molecule has 5 nitrogen and oxygen atoms in total. The summed E-state index contributed by atoms with van der Waals surface area (Å²) in [6.45, 7) is 2.07. The molecule has 0 radical (unpaired) electrons. The summed E-state index contributed by atoms with van der Waals surface area (Å²) in [4.78, 5) is 14.7. The molecule has 0 aliphatic carbocycles. The molecule has 3 aromatic rings. The molecule has 3 aromatic carbocycles. The Balaban J connectivity index is 1.74. The molecule has 0 amide bonds. The lowest BCUT2D eigenvalue weighted by Crippen LogP contribution is -1.98. The Bertz CT molecular complexity index is 1060. The molecule has 0 aliphatic heterocycles. The number of nitrogens with zero attached hydrogens (tertiary/aromatic N) is 2. The largest absolute Gasteiger partial charge is 0.486 e. The fourth-order valence-corrected chi connectivity index (χ4v) is 3.32. The molecule has 148 valence electrons. The van der Waals surface area contributed by atoms with Gasteiger partial charge in [-0.2, -0.15) is 0 Å². The van der Waals surface area contributed by atoms with E-state index in [1.165, 1.54) is 12.1 Å². The summed E-state index contributed by atoms with van der Waals surface area (Å²) in [6, 6.07) is 15.0. The molecule has 3 rings (SSSR count). The van der Waals surface area contributed by atoms with Crippen LogP contribution >= 0.6 is 34.8 Å². The van der Waals surface area contributed by atoms with Crippen LogP contribution in [0.25, 0.3) is 0 Å². The summed E-state index contributed by atoms with van der Waals surface area (Å²) in [7, 11) is 0. The number of benzene rings is 3. The molecule has 0 bridgehead atoms. The van der Waals surface area contributed by atoms with Crippen molar-refractivity contribution in [2.45, 2.75) is 13.5 Å². The van der Waals surface area contributed by atoms with Crippen molar-refractivity contribution in [1.29, 1.82) is 0 Å². The van der Waals surface area contributed by atoms with Crippen LogP contribution in [0.3, 0.4) is 0 Å². The number of hydrogen-bond acceptors (Lipinski definition) is 4. The van der Waals surface area contributed by atoms with Crippen LogP contribution in [0.5, 0.6) is 5.75 Å². The molecule has 0 aliphatic rings. The van der Waals surface area contributed by atoms with Gasteiger partial charge in [-0.25, -0.2) is 0 Å². The van der Waals surface area contributed by atoms with Gasteiger partial charge >= 0.3 is 0 Å². The average Bonchev–Trinajstić information content (AvgIpc) is 2.69. The highest BCUT2D eigenvalue weighted by atomic mass is 35.5. The van der Waals surface area contributed by atoms with E-state index in [0.29, 0.717) is 26.4 Å². The second kappa shape index (κ2) is 9.27. The Morgan fingerprint density at radius 1 is 1.03 bits per heavy atom. The second-order valence-electron chi connectivity index (χ2n) is 6.17. The molecule has 0 aromatic heterocycles. The topological polar surface area (TPSA) is 64.7 Å². The van der Waals surface area contributed by atoms with Crippen LogP contribution < -0.4 is 4.74 Å². The maximum atomic E-state index is 10.7. The van der Waals surface area contributed by atoms with Gasteiger partial charge in [0.05, 0.1) is 20.7 Å². The van der Waals surface area contributed by atoms with E-state index in [0.717, 1.165) is 16.8 Å². The lowest BCUT2D eigenvalue weighted by Gasteiger charge is -2.11. The third-order valence-electron chi connectivity index (χ3n) is 4.14. The Labute approximate surface area is 182 Å². The van der Waals surface area contributed by atoms with Gasteiger partial charge in [-0.3, -0.25) is 15.1 Å². The maximum Gasteiger partial charge on any atom is 0.269 e. The molecule has 0 saturated carbocycles. The van der Waals surface area contributed by atoms with Gasteiger partial charge in [0.1, 0.15) is 6.61 Å². The normalized spacial score (nSPS) is 11.0. The lowest BCUT2D eigenvalue weighted by atomic mass is 10.2. The minimum atomic E-state index is -0.455. The van der Waals surface area contributed by atoms with Crippen LogP contribution in [0.2, 0.25) is 15.1 Å².